The van der Waals surface area contributed by atoms with E-state index in [2.05, 4.69) is 53.4 Å². The fourth-order valence-corrected chi connectivity index (χ4v) is 3.18. The van der Waals surface area contributed by atoms with E-state index < -0.39 is 11.9 Å². The van der Waals surface area contributed by atoms with Gasteiger partial charge >= 0.3 is 11.9 Å². The molecule has 0 saturated carbocycles. The Morgan fingerprint density at radius 1 is 0.793 bits per heavy atom. The summed E-state index contributed by atoms with van der Waals surface area (Å²) in [4.78, 5) is 20.8. The van der Waals surface area contributed by atoms with E-state index in [4.69, 9.17) is 24.5 Å². The van der Waals surface area contributed by atoms with Crippen molar-refractivity contribution in [3.8, 4) is 16.9 Å². The maximum atomic E-state index is 9.10. The molecule has 2 aromatic rings. The Bertz CT molecular complexity index is 728. The molecular formula is C23H29NO5. The van der Waals surface area contributed by atoms with Gasteiger partial charge in [0.2, 0.25) is 0 Å². The molecule has 3 rings (SSSR count). The van der Waals surface area contributed by atoms with Gasteiger partial charge in [-0.15, -0.1) is 0 Å². The first-order valence-corrected chi connectivity index (χ1v) is 10.0. The van der Waals surface area contributed by atoms with E-state index in [1.165, 1.54) is 56.4 Å². The highest BCUT2D eigenvalue weighted by molar-refractivity contribution is 6.27. The molecule has 6 nitrogen and oxygen atoms in total. The molecule has 29 heavy (non-hydrogen) atoms. The quantitative estimate of drug-likeness (QED) is 0.512. The third-order valence-corrected chi connectivity index (χ3v) is 4.73. The van der Waals surface area contributed by atoms with Gasteiger partial charge in [-0.2, -0.15) is 0 Å². The minimum atomic E-state index is -1.82. The maximum absolute atomic E-state index is 9.10. The van der Waals surface area contributed by atoms with Crippen LogP contribution in [0.2, 0.25) is 0 Å². The zero-order chi connectivity index (χ0) is 20.9. The average Bonchev–Trinajstić information content (AvgIpc) is 3.26. The SMILES string of the molecule is O=C(O)C(=O)O.c1ccc(-c2ccc(OCCCCCN3CCCC3)cc2)cc1. The number of aliphatic carboxylic acids is 2. The predicted molar refractivity (Wildman–Crippen MR) is 112 cm³/mol. The molecule has 6 heteroatoms. The van der Waals surface area contributed by atoms with Crippen LogP contribution in [0, 0.1) is 0 Å². The summed E-state index contributed by atoms with van der Waals surface area (Å²) in [7, 11) is 0. The molecule has 0 atom stereocenters. The van der Waals surface area contributed by atoms with Crippen molar-refractivity contribution in [3.05, 3.63) is 54.6 Å². The Balaban J connectivity index is 0.000000438. The summed E-state index contributed by atoms with van der Waals surface area (Å²) >= 11 is 0. The number of carbonyl (C=O) groups is 2. The van der Waals surface area contributed by atoms with Crippen molar-refractivity contribution in [2.24, 2.45) is 0 Å². The highest BCUT2D eigenvalue weighted by Crippen LogP contribution is 2.22. The van der Waals surface area contributed by atoms with E-state index in [-0.39, 0.29) is 0 Å². The van der Waals surface area contributed by atoms with Crippen molar-refractivity contribution in [2.75, 3.05) is 26.2 Å². The number of unbranched alkanes of at least 4 members (excludes halogenated alkanes) is 2. The molecule has 0 bridgehead atoms. The van der Waals surface area contributed by atoms with Gasteiger partial charge in [0.1, 0.15) is 5.75 Å². The number of benzene rings is 2. The van der Waals surface area contributed by atoms with E-state index in [1.807, 2.05) is 6.07 Å². The van der Waals surface area contributed by atoms with Gasteiger partial charge in [0.15, 0.2) is 0 Å². The summed E-state index contributed by atoms with van der Waals surface area (Å²) in [5, 5.41) is 14.8. The third kappa shape index (κ3) is 8.79. The van der Waals surface area contributed by atoms with Gasteiger partial charge in [-0.3, -0.25) is 0 Å². The second kappa shape index (κ2) is 12.6. The minimum absolute atomic E-state index is 0.824. The van der Waals surface area contributed by atoms with Crippen LogP contribution in [0.4, 0.5) is 0 Å². The third-order valence-electron chi connectivity index (χ3n) is 4.73. The monoisotopic (exact) mass is 399 g/mol. The molecule has 1 fully saturated rings. The van der Waals surface area contributed by atoms with Crippen molar-refractivity contribution in [1.29, 1.82) is 0 Å². The minimum Gasteiger partial charge on any atom is -0.494 e. The summed E-state index contributed by atoms with van der Waals surface area (Å²) in [6.45, 7) is 4.71. The van der Waals surface area contributed by atoms with Crippen molar-refractivity contribution in [2.45, 2.75) is 32.1 Å². The molecular weight excluding hydrogens is 370 g/mol. The van der Waals surface area contributed by atoms with E-state index in [9.17, 15) is 0 Å². The zero-order valence-electron chi connectivity index (χ0n) is 16.6. The fraction of sp³-hybridized carbons (Fsp3) is 0.391. The van der Waals surface area contributed by atoms with Gasteiger partial charge in [0, 0.05) is 0 Å². The number of ether oxygens (including phenoxy) is 1. The van der Waals surface area contributed by atoms with Crippen LogP contribution in [0.1, 0.15) is 32.1 Å². The zero-order valence-corrected chi connectivity index (χ0v) is 16.6. The number of hydrogen-bond acceptors (Lipinski definition) is 4. The number of nitrogens with zero attached hydrogens (tertiary/aromatic N) is 1. The Morgan fingerprint density at radius 3 is 1.97 bits per heavy atom. The number of carboxylic acid groups (broad SMARTS) is 2. The van der Waals surface area contributed by atoms with E-state index >= 15 is 0 Å². The van der Waals surface area contributed by atoms with Crippen molar-refractivity contribution < 1.29 is 24.5 Å². The van der Waals surface area contributed by atoms with Gasteiger partial charge in [0.25, 0.3) is 0 Å². The van der Waals surface area contributed by atoms with Crippen LogP contribution in [0.25, 0.3) is 11.1 Å². The lowest BCUT2D eigenvalue weighted by Crippen LogP contribution is -2.20. The van der Waals surface area contributed by atoms with Crippen LogP contribution in [-0.2, 0) is 9.59 Å². The largest absolute Gasteiger partial charge is 0.494 e. The lowest BCUT2D eigenvalue weighted by Gasteiger charge is -2.14. The first kappa shape index (κ1) is 22.4. The molecule has 1 heterocycles. The Labute approximate surface area is 171 Å². The summed E-state index contributed by atoms with van der Waals surface area (Å²) in [6, 6.07) is 18.9. The summed E-state index contributed by atoms with van der Waals surface area (Å²) in [6.07, 6.45) is 6.49. The number of rotatable bonds is 8. The smallest absolute Gasteiger partial charge is 0.414 e. The number of likely N-dealkylation sites (tertiary alicyclic amines) is 1. The molecule has 0 unspecified atom stereocenters. The van der Waals surface area contributed by atoms with Gasteiger partial charge in [0.05, 0.1) is 6.61 Å². The van der Waals surface area contributed by atoms with Crippen LogP contribution in [-0.4, -0.2) is 53.3 Å². The lowest BCUT2D eigenvalue weighted by molar-refractivity contribution is -0.159. The van der Waals surface area contributed by atoms with Gasteiger partial charge < -0.3 is 19.8 Å². The summed E-state index contributed by atoms with van der Waals surface area (Å²) < 4.78 is 5.86. The number of carboxylic acids is 2. The first-order valence-electron chi connectivity index (χ1n) is 10.0. The average molecular weight is 399 g/mol. The molecule has 156 valence electrons. The van der Waals surface area contributed by atoms with E-state index in [0.717, 1.165) is 18.8 Å². The fourth-order valence-electron chi connectivity index (χ4n) is 3.18. The molecule has 0 amide bonds. The van der Waals surface area contributed by atoms with Crippen LogP contribution in [0.15, 0.2) is 54.6 Å². The van der Waals surface area contributed by atoms with Crippen LogP contribution >= 0.6 is 0 Å². The lowest BCUT2D eigenvalue weighted by atomic mass is 10.1. The van der Waals surface area contributed by atoms with Crippen LogP contribution < -0.4 is 4.74 Å². The van der Waals surface area contributed by atoms with E-state index in [0.29, 0.717) is 0 Å². The maximum Gasteiger partial charge on any atom is 0.414 e. The normalized spacial score (nSPS) is 13.4. The Morgan fingerprint density at radius 2 is 1.38 bits per heavy atom. The molecule has 0 aliphatic carbocycles. The molecule has 0 aromatic heterocycles. The molecule has 1 aliphatic heterocycles. The molecule has 0 radical (unpaired) electrons. The van der Waals surface area contributed by atoms with Gasteiger partial charge in [-0.1, -0.05) is 42.5 Å². The van der Waals surface area contributed by atoms with Crippen molar-refractivity contribution in [1.82, 2.24) is 4.90 Å². The highest BCUT2D eigenvalue weighted by Gasteiger charge is 2.09. The molecule has 1 aliphatic rings. The standard InChI is InChI=1S/C21H27NO.C2H2O4/c1-3-9-19(10-4-1)20-11-13-21(14-12-20)23-18-8-2-5-15-22-16-6-7-17-22;3-1(4)2(5)6/h1,3-4,9-14H,2,5-8,15-18H2;(H,3,4)(H,5,6). The highest BCUT2D eigenvalue weighted by atomic mass is 16.5. The van der Waals surface area contributed by atoms with Crippen molar-refractivity contribution >= 4 is 11.9 Å². The number of hydrogen-bond donors (Lipinski definition) is 2. The first-order chi connectivity index (χ1) is 14.1. The van der Waals surface area contributed by atoms with Gasteiger partial charge in [-0.05, 0) is 75.0 Å². The Kier molecular flexibility index (Phi) is 9.72. The van der Waals surface area contributed by atoms with Crippen LogP contribution in [0.3, 0.4) is 0 Å². The van der Waals surface area contributed by atoms with Gasteiger partial charge in [-0.25, -0.2) is 9.59 Å². The van der Waals surface area contributed by atoms with Crippen LogP contribution in [0.5, 0.6) is 5.75 Å². The molecule has 1 saturated heterocycles. The molecule has 0 spiro atoms. The second-order valence-corrected chi connectivity index (χ2v) is 6.96. The molecule has 2 aromatic carbocycles. The molecule has 2 N–H and O–H groups in total. The summed E-state index contributed by atoms with van der Waals surface area (Å²) in [5.41, 5.74) is 2.49. The second-order valence-electron chi connectivity index (χ2n) is 6.96. The van der Waals surface area contributed by atoms with Crippen molar-refractivity contribution in [3.63, 3.8) is 0 Å². The Hall–Kier alpha value is -2.86. The summed E-state index contributed by atoms with van der Waals surface area (Å²) in [5.74, 6) is -2.67. The van der Waals surface area contributed by atoms with E-state index in [1.54, 1.807) is 0 Å². The predicted octanol–water partition coefficient (Wildman–Crippen LogP) is 4.15. The topological polar surface area (TPSA) is 87.1 Å².